The molecule has 2 atom stereocenters. The first-order valence-electron chi connectivity index (χ1n) is 7.16. The zero-order chi connectivity index (χ0) is 13.3. The third-order valence-electron chi connectivity index (χ3n) is 4.66. The topological polar surface area (TPSA) is 34.2 Å². The van der Waals surface area contributed by atoms with E-state index in [4.69, 9.17) is 4.74 Å². The van der Waals surface area contributed by atoms with Crippen molar-refractivity contribution in [1.29, 1.82) is 0 Å². The number of rotatable bonds is 3. The summed E-state index contributed by atoms with van der Waals surface area (Å²) in [6.45, 7) is 0.789. The molecule has 2 fully saturated rings. The highest BCUT2D eigenvalue weighted by molar-refractivity contribution is 5.14. The molecular weight excluding hydrogens is 243 g/mol. The van der Waals surface area contributed by atoms with Crippen molar-refractivity contribution in [2.45, 2.75) is 43.7 Å². The summed E-state index contributed by atoms with van der Waals surface area (Å²) >= 11 is 0. The molecule has 1 spiro atoms. The number of hydrogen-bond acceptors (Lipinski definition) is 3. The Morgan fingerprint density at radius 3 is 3.00 bits per heavy atom. The van der Waals surface area contributed by atoms with E-state index in [1.165, 1.54) is 12.5 Å². The lowest BCUT2D eigenvalue weighted by Crippen LogP contribution is -2.47. The Balaban J connectivity index is 1.80. The van der Waals surface area contributed by atoms with Crippen LogP contribution < -0.4 is 5.32 Å². The van der Waals surface area contributed by atoms with Crippen LogP contribution in [0.2, 0.25) is 0 Å². The van der Waals surface area contributed by atoms with Crippen molar-refractivity contribution in [2.75, 3.05) is 13.7 Å². The molecule has 1 saturated carbocycles. The van der Waals surface area contributed by atoms with Gasteiger partial charge in [-0.25, -0.2) is 4.39 Å². The maximum Gasteiger partial charge on any atom is 0.146 e. The van der Waals surface area contributed by atoms with Gasteiger partial charge >= 0.3 is 0 Å². The first-order valence-corrected chi connectivity index (χ1v) is 7.16. The Morgan fingerprint density at radius 2 is 2.37 bits per heavy atom. The number of nitrogens with zero attached hydrogens (tertiary/aromatic N) is 1. The fraction of sp³-hybridized carbons (Fsp3) is 0.667. The second-order valence-electron chi connectivity index (χ2n) is 5.77. The molecule has 1 aliphatic heterocycles. The van der Waals surface area contributed by atoms with Gasteiger partial charge in [0.25, 0.3) is 0 Å². The highest BCUT2D eigenvalue weighted by atomic mass is 19.1. The Hall–Kier alpha value is -1.00. The number of nitrogens with one attached hydrogen (secondary N) is 1. The summed E-state index contributed by atoms with van der Waals surface area (Å²) in [5.41, 5.74) is 0.634. The van der Waals surface area contributed by atoms with Gasteiger partial charge in [-0.15, -0.1) is 0 Å². The van der Waals surface area contributed by atoms with Crippen LogP contribution in [0.1, 0.15) is 43.8 Å². The monoisotopic (exact) mass is 264 g/mol. The molecule has 1 aliphatic carbocycles. The molecule has 2 aliphatic rings. The van der Waals surface area contributed by atoms with Gasteiger partial charge in [-0.3, -0.25) is 4.98 Å². The van der Waals surface area contributed by atoms with E-state index in [1.807, 2.05) is 7.05 Å². The second kappa shape index (κ2) is 5.17. The smallest absolute Gasteiger partial charge is 0.146 e. The fourth-order valence-corrected chi connectivity index (χ4v) is 3.49. The number of aromatic nitrogens is 1. The van der Waals surface area contributed by atoms with E-state index in [0.717, 1.165) is 32.3 Å². The third-order valence-corrected chi connectivity index (χ3v) is 4.66. The lowest BCUT2D eigenvalue weighted by molar-refractivity contribution is -0.147. The Kier molecular flexibility index (Phi) is 3.54. The lowest BCUT2D eigenvalue weighted by Gasteiger charge is -2.48. The van der Waals surface area contributed by atoms with Gasteiger partial charge in [0.2, 0.25) is 0 Å². The minimum atomic E-state index is -0.212. The molecule has 3 rings (SSSR count). The predicted octanol–water partition coefficient (Wildman–Crippen LogP) is 2.83. The molecule has 2 heterocycles. The first-order chi connectivity index (χ1) is 9.24. The molecule has 0 aromatic carbocycles. The molecule has 1 saturated heterocycles. The summed E-state index contributed by atoms with van der Waals surface area (Å²) in [6.07, 6.45) is 7.24. The van der Waals surface area contributed by atoms with Crippen LogP contribution in [-0.2, 0) is 4.74 Å². The van der Waals surface area contributed by atoms with E-state index >= 15 is 0 Å². The standard InChI is InChI=1S/C15H21FN2O/c1-17-13(14-12(16)4-2-8-18-14)11-5-9-19-15(10-11)6-3-7-15/h2,4,8,11,13,17H,3,5-7,9-10H2,1H3. The van der Waals surface area contributed by atoms with Gasteiger partial charge < -0.3 is 10.1 Å². The minimum absolute atomic E-state index is 0.0115. The van der Waals surface area contributed by atoms with Crippen molar-refractivity contribution >= 4 is 0 Å². The maximum absolute atomic E-state index is 13.9. The molecule has 1 N–H and O–H groups in total. The molecule has 3 nitrogen and oxygen atoms in total. The van der Waals surface area contributed by atoms with Gasteiger partial charge in [-0.1, -0.05) is 0 Å². The maximum atomic E-state index is 13.9. The molecule has 4 heteroatoms. The Morgan fingerprint density at radius 1 is 1.53 bits per heavy atom. The Labute approximate surface area is 113 Å². The van der Waals surface area contributed by atoms with Crippen LogP contribution >= 0.6 is 0 Å². The van der Waals surface area contributed by atoms with E-state index in [-0.39, 0.29) is 17.5 Å². The average Bonchev–Trinajstić information content (AvgIpc) is 2.40. The molecule has 1 aromatic heterocycles. The first kappa shape index (κ1) is 13.0. The normalized spacial score (nSPS) is 26.9. The number of pyridine rings is 1. The van der Waals surface area contributed by atoms with Gasteiger partial charge in [0, 0.05) is 12.8 Å². The van der Waals surface area contributed by atoms with Crippen LogP contribution in [-0.4, -0.2) is 24.2 Å². The summed E-state index contributed by atoms with van der Waals surface area (Å²) in [5.74, 6) is 0.194. The molecule has 0 bridgehead atoms. The van der Waals surface area contributed by atoms with Crippen molar-refractivity contribution in [2.24, 2.45) is 5.92 Å². The van der Waals surface area contributed by atoms with Gasteiger partial charge in [-0.05, 0) is 57.2 Å². The van der Waals surface area contributed by atoms with Crippen LogP contribution in [0.25, 0.3) is 0 Å². The molecule has 104 valence electrons. The summed E-state index contributed by atoms with van der Waals surface area (Å²) in [4.78, 5) is 4.24. The highest BCUT2D eigenvalue weighted by Crippen LogP contribution is 2.47. The van der Waals surface area contributed by atoms with E-state index in [2.05, 4.69) is 10.3 Å². The number of ether oxygens (including phenoxy) is 1. The quantitative estimate of drug-likeness (QED) is 0.911. The van der Waals surface area contributed by atoms with E-state index in [9.17, 15) is 4.39 Å². The van der Waals surface area contributed by atoms with E-state index in [1.54, 1.807) is 12.3 Å². The zero-order valence-corrected chi connectivity index (χ0v) is 11.4. The van der Waals surface area contributed by atoms with Gasteiger partial charge in [0.15, 0.2) is 0 Å². The molecule has 1 aromatic rings. The predicted molar refractivity (Wildman–Crippen MR) is 71.3 cm³/mol. The largest absolute Gasteiger partial charge is 0.375 e. The van der Waals surface area contributed by atoms with Gasteiger partial charge in [-0.2, -0.15) is 0 Å². The van der Waals surface area contributed by atoms with Gasteiger partial charge in [0.1, 0.15) is 5.82 Å². The third kappa shape index (κ3) is 2.39. The van der Waals surface area contributed by atoms with Crippen LogP contribution in [0, 0.1) is 11.7 Å². The lowest BCUT2D eigenvalue weighted by atomic mass is 9.70. The zero-order valence-electron chi connectivity index (χ0n) is 11.4. The van der Waals surface area contributed by atoms with E-state index in [0.29, 0.717) is 11.6 Å². The van der Waals surface area contributed by atoms with Crippen LogP contribution in [0.3, 0.4) is 0 Å². The average molecular weight is 264 g/mol. The SMILES string of the molecule is CNC(c1ncccc1F)C1CCOC2(CCC2)C1. The molecule has 0 radical (unpaired) electrons. The fourth-order valence-electron chi connectivity index (χ4n) is 3.49. The van der Waals surface area contributed by atoms with E-state index < -0.39 is 0 Å². The molecule has 0 amide bonds. The molecule has 2 unspecified atom stereocenters. The number of hydrogen-bond donors (Lipinski definition) is 1. The summed E-state index contributed by atoms with van der Waals surface area (Å²) in [5, 5.41) is 3.26. The Bertz CT molecular complexity index is 448. The molecule has 19 heavy (non-hydrogen) atoms. The minimum Gasteiger partial charge on any atom is -0.375 e. The second-order valence-corrected chi connectivity index (χ2v) is 5.77. The van der Waals surface area contributed by atoms with Crippen molar-refractivity contribution in [3.05, 3.63) is 29.8 Å². The summed E-state index contributed by atoms with van der Waals surface area (Å²) < 4.78 is 19.9. The highest BCUT2D eigenvalue weighted by Gasteiger charge is 2.44. The van der Waals surface area contributed by atoms with Crippen molar-refractivity contribution < 1.29 is 9.13 Å². The van der Waals surface area contributed by atoms with Crippen LogP contribution in [0.5, 0.6) is 0 Å². The van der Waals surface area contributed by atoms with Crippen LogP contribution in [0.15, 0.2) is 18.3 Å². The molecular formula is C15H21FN2O. The van der Waals surface area contributed by atoms with Crippen molar-refractivity contribution in [3.8, 4) is 0 Å². The summed E-state index contributed by atoms with van der Waals surface area (Å²) in [6, 6.07) is 3.12. The van der Waals surface area contributed by atoms with Crippen molar-refractivity contribution in [1.82, 2.24) is 10.3 Å². The van der Waals surface area contributed by atoms with Crippen molar-refractivity contribution in [3.63, 3.8) is 0 Å². The number of halogens is 1. The summed E-state index contributed by atoms with van der Waals surface area (Å²) in [7, 11) is 1.89. The van der Waals surface area contributed by atoms with Crippen LogP contribution in [0.4, 0.5) is 4.39 Å². The van der Waals surface area contributed by atoms with Gasteiger partial charge in [0.05, 0.1) is 17.3 Å².